The van der Waals surface area contributed by atoms with E-state index < -0.39 is 12.2 Å². The topological polar surface area (TPSA) is 106 Å². The molecule has 3 aromatic rings. The van der Waals surface area contributed by atoms with Gasteiger partial charge in [-0.15, -0.1) is 0 Å². The molecule has 0 spiro atoms. The normalized spacial score (nSPS) is 9.97. The summed E-state index contributed by atoms with van der Waals surface area (Å²) in [6.45, 7) is 1.51. The number of hydrogen-bond acceptors (Lipinski definition) is 6. The van der Waals surface area contributed by atoms with Gasteiger partial charge in [0.2, 0.25) is 5.96 Å². The molecule has 0 bridgehead atoms. The Morgan fingerprint density at radius 1 is 0.727 bits per heavy atom. The minimum Gasteiger partial charge on any atom is -0.444 e. The number of aliphatic imine (C=N–C) groups is 1. The van der Waals surface area contributed by atoms with Crippen LogP contribution in [0, 0.1) is 0 Å². The predicted octanol–water partition coefficient (Wildman–Crippen LogP) is 4.73. The molecule has 0 fully saturated rings. The Hall–Kier alpha value is -4.46. The summed E-state index contributed by atoms with van der Waals surface area (Å²) in [5, 5.41) is 4.81. The molecule has 0 saturated heterocycles. The molecule has 0 aliphatic heterocycles. The van der Waals surface area contributed by atoms with Crippen molar-refractivity contribution < 1.29 is 23.9 Å². The molecule has 0 atom stereocenters. The summed E-state index contributed by atoms with van der Waals surface area (Å²) < 4.78 is 10.4. The Morgan fingerprint density at radius 2 is 1.24 bits per heavy atom. The number of nitrogens with zero attached hydrogens (tertiary/aromatic N) is 1. The number of ether oxygens (including phenoxy) is 2. The van der Waals surface area contributed by atoms with E-state index in [9.17, 15) is 14.4 Å². The highest BCUT2D eigenvalue weighted by atomic mass is 16.6. The molecule has 2 amide bonds. The summed E-state index contributed by atoms with van der Waals surface area (Å²) in [6, 6.07) is 24.7. The van der Waals surface area contributed by atoms with Crippen LogP contribution in [-0.4, -0.2) is 23.9 Å². The first kappa shape index (κ1) is 23.2. The van der Waals surface area contributed by atoms with Gasteiger partial charge in [0.25, 0.3) is 0 Å². The van der Waals surface area contributed by atoms with E-state index in [2.05, 4.69) is 15.6 Å². The van der Waals surface area contributed by atoms with E-state index in [1.807, 2.05) is 60.7 Å². The van der Waals surface area contributed by atoms with E-state index in [-0.39, 0.29) is 25.0 Å². The van der Waals surface area contributed by atoms with Crippen molar-refractivity contribution >= 4 is 29.6 Å². The lowest BCUT2D eigenvalue weighted by molar-refractivity contribution is 0.101. The molecule has 8 heteroatoms. The number of rotatable bonds is 6. The van der Waals surface area contributed by atoms with Crippen molar-refractivity contribution in [1.82, 2.24) is 10.6 Å². The second-order valence-corrected chi connectivity index (χ2v) is 6.94. The van der Waals surface area contributed by atoms with Gasteiger partial charge >= 0.3 is 12.2 Å². The van der Waals surface area contributed by atoms with Gasteiger partial charge in [-0.2, -0.15) is 0 Å². The van der Waals surface area contributed by atoms with Gasteiger partial charge in [-0.25, -0.2) is 14.6 Å². The van der Waals surface area contributed by atoms with Crippen molar-refractivity contribution in [3.8, 4) is 0 Å². The largest absolute Gasteiger partial charge is 0.444 e. The number of alkyl carbamates (subject to hydrolysis) is 2. The van der Waals surface area contributed by atoms with Gasteiger partial charge in [0.15, 0.2) is 5.78 Å². The minimum absolute atomic E-state index is 0.0399. The number of ketones is 1. The average Bonchev–Trinajstić information content (AvgIpc) is 2.83. The molecule has 0 aromatic heterocycles. The molecule has 168 valence electrons. The Balaban J connectivity index is 1.69. The fourth-order valence-electron chi connectivity index (χ4n) is 2.72. The first-order chi connectivity index (χ1) is 16.0. The lowest BCUT2D eigenvalue weighted by atomic mass is 10.1. The Morgan fingerprint density at radius 3 is 1.73 bits per heavy atom. The fourth-order valence-corrected chi connectivity index (χ4v) is 2.72. The maximum atomic E-state index is 12.3. The molecule has 33 heavy (non-hydrogen) atoms. The highest BCUT2D eigenvalue weighted by molar-refractivity contribution is 6.02. The van der Waals surface area contributed by atoms with Gasteiger partial charge in [0.05, 0.1) is 5.69 Å². The van der Waals surface area contributed by atoms with Crippen LogP contribution in [-0.2, 0) is 22.7 Å². The van der Waals surface area contributed by atoms with Gasteiger partial charge in [-0.3, -0.25) is 15.4 Å². The highest BCUT2D eigenvalue weighted by Crippen LogP contribution is 2.14. The number of amides is 2. The van der Waals surface area contributed by atoms with Crippen molar-refractivity contribution in [3.63, 3.8) is 0 Å². The van der Waals surface area contributed by atoms with Crippen molar-refractivity contribution in [2.75, 3.05) is 0 Å². The van der Waals surface area contributed by atoms with Crippen LogP contribution in [0.1, 0.15) is 28.4 Å². The first-order valence-corrected chi connectivity index (χ1v) is 10.1. The molecule has 0 saturated carbocycles. The zero-order valence-corrected chi connectivity index (χ0v) is 18.0. The molecule has 0 aliphatic rings. The van der Waals surface area contributed by atoms with Gasteiger partial charge in [-0.05, 0) is 30.2 Å². The molecule has 3 aromatic carbocycles. The summed E-state index contributed by atoms with van der Waals surface area (Å²) in [7, 11) is 0. The number of guanidine groups is 1. The van der Waals surface area contributed by atoms with Crippen LogP contribution in [0.15, 0.2) is 89.9 Å². The highest BCUT2D eigenvalue weighted by Gasteiger charge is 2.13. The Labute approximate surface area is 191 Å². The quantitative estimate of drug-likeness (QED) is 0.324. The van der Waals surface area contributed by atoms with E-state index in [4.69, 9.17) is 9.47 Å². The van der Waals surface area contributed by atoms with Crippen molar-refractivity contribution in [2.45, 2.75) is 20.1 Å². The van der Waals surface area contributed by atoms with Gasteiger partial charge in [-0.1, -0.05) is 72.8 Å². The predicted molar refractivity (Wildman–Crippen MR) is 123 cm³/mol. The Bertz CT molecular complexity index is 1070. The average molecular weight is 445 g/mol. The van der Waals surface area contributed by atoms with Crippen LogP contribution in [0.2, 0.25) is 0 Å². The molecular weight excluding hydrogens is 422 g/mol. The summed E-state index contributed by atoms with van der Waals surface area (Å²) in [5.74, 6) is -0.342. The smallest absolute Gasteiger partial charge is 0.414 e. The number of carbonyl (C=O) groups is 3. The lowest BCUT2D eigenvalue weighted by Crippen LogP contribution is -2.44. The standard InChI is InChI=1S/C25H23N3O5/c1-18(29)21-13-8-14-22(15-21)26-23(27-24(30)32-16-19-9-4-2-5-10-19)28-25(31)33-17-20-11-6-3-7-12-20/h2-15H,16-17H2,1H3,(H2,26,27,28,30,31). The molecule has 0 radical (unpaired) electrons. The number of Topliss-reactive ketones (excluding diaryl/α,β-unsaturated/α-hetero) is 1. The van der Waals surface area contributed by atoms with E-state index >= 15 is 0 Å². The molecular formula is C25H23N3O5. The third-order valence-electron chi connectivity index (χ3n) is 4.36. The van der Waals surface area contributed by atoms with Crippen LogP contribution in [0.5, 0.6) is 0 Å². The van der Waals surface area contributed by atoms with E-state index in [0.717, 1.165) is 11.1 Å². The number of benzene rings is 3. The van der Waals surface area contributed by atoms with Crippen molar-refractivity contribution in [2.24, 2.45) is 4.99 Å². The number of nitrogens with one attached hydrogen (secondary N) is 2. The van der Waals surface area contributed by atoms with Crippen molar-refractivity contribution in [3.05, 3.63) is 102 Å². The van der Waals surface area contributed by atoms with Crippen LogP contribution < -0.4 is 10.6 Å². The molecule has 8 nitrogen and oxygen atoms in total. The zero-order valence-electron chi connectivity index (χ0n) is 18.0. The van der Waals surface area contributed by atoms with Gasteiger partial charge in [0, 0.05) is 5.56 Å². The second-order valence-electron chi connectivity index (χ2n) is 6.94. The number of carbonyl (C=O) groups excluding carboxylic acids is 3. The SMILES string of the molecule is CC(=O)c1cccc(N=C(NC(=O)OCc2ccccc2)NC(=O)OCc2ccccc2)c1. The maximum Gasteiger partial charge on any atom is 0.414 e. The van der Waals surface area contributed by atoms with Crippen LogP contribution >= 0.6 is 0 Å². The van der Waals surface area contributed by atoms with Crippen LogP contribution in [0.4, 0.5) is 15.3 Å². The molecule has 0 heterocycles. The van der Waals surface area contributed by atoms with Gasteiger partial charge in [0.1, 0.15) is 13.2 Å². The third-order valence-corrected chi connectivity index (χ3v) is 4.36. The monoisotopic (exact) mass is 445 g/mol. The zero-order chi connectivity index (χ0) is 23.5. The Kier molecular flexibility index (Phi) is 8.30. The molecule has 2 N–H and O–H groups in total. The van der Waals surface area contributed by atoms with E-state index in [0.29, 0.717) is 11.3 Å². The molecule has 0 unspecified atom stereocenters. The van der Waals surface area contributed by atoms with E-state index in [1.165, 1.54) is 13.0 Å². The fraction of sp³-hybridized carbons (Fsp3) is 0.120. The van der Waals surface area contributed by atoms with Crippen LogP contribution in [0.25, 0.3) is 0 Å². The van der Waals surface area contributed by atoms with E-state index in [1.54, 1.807) is 18.2 Å². The summed E-state index contributed by atoms with van der Waals surface area (Å²) in [5.41, 5.74) is 2.39. The van der Waals surface area contributed by atoms with Gasteiger partial charge < -0.3 is 9.47 Å². The number of hydrogen-bond donors (Lipinski definition) is 2. The van der Waals surface area contributed by atoms with Crippen LogP contribution in [0.3, 0.4) is 0 Å². The third kappa shape index (κ3) is 7.95. The summed E-state index contributed by atoms with van der Waals surface area (Å²) in [4.78, 5) is 40.5. The minimum atomic E-state index is -0.816. The molecule has 3 rings (SSSR count). The second kappa shape index (κ2) is 11.8. The lowest BCUT2D eigenvalue weighted by Gasteiger charge is -2.12. The molecule has 0 aliphatic carbocycles. The van der Waals surface area contributed by atoms with Crippen molar-refractivity contribution in [1.29, 1.82) is 0 Å². The summed E-state index contributed by atoms with van der Waals surface area (Å²) in [6.07, 6.45) is -1.63. The maximum absolute atomic E-state index is 12.3. The summed E-state index contributed by atoms with van der Waals surface area (Å²) >= 11 is 0. The first-order valence-electron chi connectivity index (χ1n) is 10.1.